The van der Waals surface area contributed by atoms with Gasteiger partial charge in [-0.15, -0.1) is 0 Å². The molecule has 1 aromatic rings. The van der Waals surface area contributed by atoms with Crippen molar-refractivity contribution in [2.24, 2.45) is 0 Å². The second-order valence-electron chi connectivity index (χ2n) is 3.18. The summed E-state index contributed by atoms with van der Waals surface area (Å²) in [4.78, 5) is 2.25. The number of nitrogens with two attached hydrogens (primary N) is 1. The van der Waals surface area contributed by atoms with Gasteiger partial charge in [0.15, 0.2) is 0 Å². The summed E-state index contributed by atoms with van der Waals surface area (Å²) in [5.74, 6) is 0. The smallest absolute Gasteiger partial charge is 0.0542 e. The molecule has 0 amide bonds. The second-order valence-corrected chi connectivity index (χ2v) is 4.04. The van der Waals surface area contributed by atoms with Crippen molar-refractivity contribution in [1.82, 2.24) is 0 Å². The zero-order chi connectivity index (χ0) is 8.72. The number of nitrogen functional groups attached to an aromatic ring is 1. The number of anilines is 2. The highest BCUT2D eigenvalue weighted by Gasteiger charge is 2.18. The lowest BCUT2D eigenvalue weighted by Gasteiger charge is -2.13. The summed E-state index contributed by atoms with van der Waals surface area (Å²) in [6.07, 6.45) is 1.11. The molecule has 0 fully saturated rings. The summed E-state index contributed by atoms with van der Waals surface area (Å²) in [5, 5.41) is 0. The minimum Gasteiger partial charge on any atom is -0.399 e. The molecule has 3 heteroatoms. The van der Waals surface area contributed by atoms with Crippen LogP contribution in [0.4, 0.5) is 11.4 Å². The van der Waals surface area contributed by atoms with Gasteiger partial charge < -0.3 is 10.6 Å². The van der Waals surface area contributed by atoms with E-state index in [2.05, 4.69) is 33.9 Å². The third-order valence-corrected chi connectivity index (χ3v) is 2.87. The van der Waals surface area contributed by atoms with Gasteiger partial charge in [-0.25, -0.2) is 0 Å². The number of hydrogen-bond acceptors (Lipinski definition) is 2. The Morgan fingerprint density at radius 3 is 3.00 bits per heavy atom. The van der Waals surface area contributed by atoms with Crippen LogP contribution in [0.2, 0.25) is 0 Å². The van der Waals surface area contributed by atoms with E-state index in [1.165, 1.54) is 11.3 Å². The van der Waals surface area contributed by atoms with Crippen LogP contribution < -0.4 is 10.6 Å². The van der Waals surface area contributed by atoms with Crippen LogP contribution in [0.5, 0.6) is 0 Å². The van der Waals surface area contributed by atoms with E-state index in [-0.39, 0.29) is 0 Å². The normalized spacial score (nSPS) is 15.0. The zero-order valence-corrected chi connectivity index (χ0v) is 8.56. The Balaban J connectivity index is 2.60. The first-order valence-corrected chi connectivity index (χ1v) is 4.77. The van der Waals surface area contributed by atoms with E-state index in [1.807, 2.05) is 6.07 Å². The predicted octanol–water partition coefficient (Wildman–Crippen LogP) is 2.02. The molecule has 0 bridgehead atoms. The van der Waals surface area contributed by atoms with Crippen molar-refractivity contribution in [2.45, 2.75) is 6.42 Å². The molecule has 0 saturated carbocycles. The van der Waals surface area contributed by atoms with Crippen LogP contribution >= 0.6 is 15.9 Å². The quantitative estimate of drug-likeness (QED) is 0.687. The standard InChI is InChI=1S/C9H11BrN2/c1-12-3-2-6-4-7(11)5-8(10)9(6)12/h4-5H,2-3,11H2,1H3. The molecule has 2 nitrogen and oxygen atoms in total. The molecule has 1 aromatic carbocycles. The van der Waals surface area contributed by atoms with Gasteiger partial charge in [0.2, 0.25) is 0 Å². The van der Waals surface area contributed by atoms with Crippen molar-refractivity contribution >= 4 is 27.3 Å². The highest BCUT2D eigenvalue weighted by Crippen LogP contribution is 2.36. The molecule has 1 heterocycles. The molecule has 2 rings (SSSR count). The summed E-state index contributed by atoms with van der Waals surface area (Å²) in [6, 6.07) is 4.02. The number of hydrogen-bond donors (Lipinski definition) is 1. The summed E-state index contributed by atoms with van der Waals surface area (Å²) in [7, 11) is 2.10. The van der Waals surface area contributed by atoms with Crippen LogP contribution in [0.15, 0.2) is 16.6 Å². The number of benzene rings is 1. The van der Waals surface area contributed by atoms with Crippen LogP contribution in [0.3, 0.4) is 0 Å². The van der Waals surface area contributed by atoms with Crippen molar-refractivity contribution in [3.05, 3.63) is 22.2 Å². The molecule has 64 valence electrons. The molecule has 0 atom stereocenters. The second kappa shape index (κ2) is 2.66. The van der Waals surface area contributed by atoms with Crippen molar-refractivity contribution in [3.8, 4) is 0 Å². The molecular weight excluding hydrogens is 216 g/mol. The lowest BCUT2D eigenvalue weighted by atomic mass is 10.1. The maximum Gasteiger partial charge on any atom is 0.0542 e. The molecule has 0 spiro atoms. The number of halogens is 1. The maximum atomic E-state index is 5.73. The third kappa shape index (κ3) is 1.08. The van der Waals surface area contributed by atoms with Crippen LogP contribution in [0.1, 0.15) is 5.56 Å². The van der Waals surface area contributed by atoms with E-state index in [1.54, 1.807) is 0 Å². The van der Waals surface area contributed by atoms with E-state index in [0.717, 1.165) is 23.1 Å². The fourth-order valence-electron chi connectivity index (χ4n) is 1.70. The van der Waals surface area contributed by atoms with Crippen molar-refractivity contribution in [2.75, 3.05) is 24.2 Å². The third-order valence-electron chi connectivity index (χ3n) is 2.26. The van der Waals surface area contributed by atoms with Crippen LogP contribution in [-0.4, -0.2) is 13.6 Å². The van der Waals surface area contributed by atoms with Crippen molar-refractivity contribution in [3.63, 3.8) is 0 Å². The molecule has 2 N–H and O–H groups in total. The van der Waals surface area contributed by atoms with Gasteiger partial charge in [0.05, 0.1) is 5.69 Å². The fourth-order valence-corrected chi connectivity index (χ4v) is 2.52. The summed E-state index contributed by atoms with van der Waals surface area (Å²) in [6.45, 7) is 1.09. The average molecular weight is 227 g/mol. The van der Waals surface area contributed by atoms with Gasteiger partial charge in [-0.3, -0.25) is 0 Å². The first-order valence-electron chi connectivity index (χ1n) is 3.97. The van der Waals surface area contributed by atoms with Crippen LogP contribution in [0.25, 0.3) is 0 Å². The molecule has 0 saturated heterocycles. The number of nitrogens with zero attached hydrogens (tertiary/aromatic N) is 1. The van der Waals surface area contributed by atoms with Crippen LogP contribution in [0, 0.1) is 0 Å². The SMILES string of the molecule is CN1CCc2cc(N)cc(Br)c21. The highest BCUT2D eigenvalue weighted by molar-refractivity contribution is 9.10. The first-order chi connectivity index (χ1) is 5.68. The zero-order valence-electron chi connectivity index (χ0n) is 6.97. The number of fused-ring (bicyclic) bond motifs is 1. The topological polar surface area (TPSA) is 29.3 Å². The average Bonchev–Trinajstić information content (AvgIpc) is 2.31. The Morgan fingerprint density at radius 1 is 1.50 bits per heavy atom. The van der Waals surface area contributed by atoms with E-state index in [0.29, 0.717) is 0 Å². The first kappa shape index (κ1) is 7.92. The Hall–Kier alpha value is -0.700. The van der Waals surface area contributed by atoms with Crippen molar-refractivity contribution < 1.29 is 0 Å². The summed E-state index contributed by atoms with van der Waals surface area (Å²) >= 11 is 3.52. The van der Waals surface area contributed by atoms with E-state index < -0.39 is 0 Å². The van der Waals surface area contributed by atoms with E-state index in [4.69, 9.17) is 5.73 Å². The monoisotopic (exact) mass is 226 g/mol. The van der Waals surface area contributed by atoms with Gasteiger partial charge in [-0.1, -0.05) is 0 Å². The van der Waals surface area contributed by atoms with Gasteiger partial charge in [-0.05, 0) is 40.0 Å². The number of likely N-dealkylation sites (N-methyl/N-ethyl adjacent to an activating group) is 1. The number of rotatable bonds is 0. The maximum absolute atomic E-state index is 5.73. The van der Waals surface area contributed by atoms with Crippen molar-refractivity contribution in [1.29, 1.82) is 0 Å². The molecular formula is C9H11BrN2. The molecule has 12 heavy (non-hydrogen) atoms. The van der Waals surface area contributed by atoms with Gasteiger partial charge >= 0.3 is 0 Å². The van der Waals surface area contributed by atoms with Gasteiger partial charge in [0.1, 0.15) is 0 Å². The molecule has 0 unspecified atom stereocenters. The predicted molar refractivity (Wildman–Crippen MR) is 55.5 cm³/mol. The Bertz CT molecular complexity index is 323. The highest BCUT2D eigenvalue weighted by atomic mass is 79.9. The van der Waals surface area contributed by atoms with Gasteiger partial charge in [-0.2, -0.15) is 0 Å². The molecule has 1 aliphatic rings. The van der Waals surface area contributed by atoms with E-state index in [9.17, 15) is 0 Å². The van der Waals surface area contributed by atoms with Gasteiger partial charge in [0.25, 0.3) is 0 Å². The van der Waals surface area contributed by atoms with Crippen LogP contribution in [-0.2, 0) is 6.42 Å². The Labute approximate surface area is 80.5 Å². The Morgan fingerprint density at radius 2 is 2.25 bits per heavy atom. The van der Waals surface area contributed by atoms with Gasteiger partial charge in [0, 0.05) is 23.8 Å². The molecule has 1 aliphatic heterocycles. The minimum absolute atomic E-state index is 0.843. The lowest BCUT2D eigenvalue weighted by Crippen LogP contribution is -2.12. The molecule has 0 aromatic heterocycles. The summed E-state index contributed by atoms with van der Waals surface area (Å²) in [5.41, 5.74) is 9.22. The summed E-state index contributed by atoms with van der Waals surface area (Å²) < 4.78 is 1.11. The lowest BCUT2D eigenvalue weighted by molar-refractivity contribution is 0.955. The fraction of sp³-hybridized carbons (Fsp3) is 0.333. The van der Waals surface area contributed by atoms with E-state index >= 15 is 0 Å². The minimum atomic E-state index is 0.843. The Kier molecular flexibility index (Phi) is 1.76. The largest absolute Gasteiger partial charge is 0.399 e. The molecule has 0 radical (unpaired) electrons. The molecule has 0 aliphatic carbocycles.